The first-order valence-corrected chi connectivity index (χ1v) is 14.9. The lowest BCUT2D eigenvalue weighted by Gasteiger charge is -2.39. The SMILES string of the molecule is C=CC(=O)Nc1cc(N[C@@H]2CCN[C@H](N3OCC[C@@H]3c3ccc(F)c(C(F)(F)F)c3)C2)c(OC)cc1N1CCN(C(C)=O)CC1. The van der Waals surface area contributed by atoms with Crippen molar-refractivity contribution < 1.29 is 36.7 Å². The van der Waals surface area contributed by atoms with E-state index in [4.69, 9.17) is 9.57 Å². The molecule has 10 nitrogen and oxygen atoms in total. The highest BCUT2D eigenvalue weighted by atomic mass is 19.4. The normalized spacial score (nSPS) is 22.7. The molecular formula is C31H38F4N6O4. The summed E-state index contributed by atoms with van der Waals surface area (Å²) < 4.78 is 60.0. The molecular weight excluding hydrogens is 596 g/mol. The molecule has 0 radical (unpaired) electrons. The highest BCUT2D eigenvalue weighted by Crippen LogP contribution is 2.40. The molecule has 3 fully saturated rings. The Morgan fingerprint density at radius 2 is 1.87 bits per heavy atom. The molecule has 3 N–H and O–H groups in total. The lowest BCUT2D eigenvalue weighted by molar-refractivity contribution is -0.177. The van der Waals surface area contributed by atoms with E-state index in [0.29, 0.717) is 74.9 Å². The number of carbonyl (C=O) groups excluding carboxylic acids is 2. The van der Waals surface area contributed by atoms with Gasteiger partial charge in [-0.1, -0.05) is 12.6 Å². The number of carbonyl (C=O) groups is 2. The molecule has 2 aromatic carbocycles. The van der Waals surface area contributed by atoms with Gasteiger partial charge >= 0.3 is 6.18 Å². The van der Waals surface area contributed by atoms with E-state index in [0.717, 1.165) is 24.2 Å². The van der Waals surface area contributed by atoms with Crippen LogP contribution in [0.25, 0.3) is 0 Å². The molecule has 244 valence electrons. The monoisotopic (exact) mass is 634 g/mol. The number of anilines is 3. The Morgan fingerprint density at radius 3 is 2.53 bits per heavy atom. The van der Waals surface area contributed by atoms with Gasteiger partial charge < -0.3 is 25.2 Å². The van der Waals surface area contributed by atoms with Crippen LogP contribution >= 0.6 is 0 Å². The van der Waals surface area contributed by atoms with E-state index in [1.54, 1.807) is 24.0 Å². The predicted octanol–water partition coefficient (Wildman–Crippen LogP) is 4.51. The molecule has 0 aliphatic carbocycles. The molecule has 3 heterocycles. The first kappa shape index (κ1) is 32.5. The predicted molar refractivity (Wildman–Crippen MR) is 161 cm³/mol. The van der Waals surface area contributed by atoms with Crippen molar-refractivity contribution in [2.75, 3.05) is 62.0 Å². The van der Waals surface area contributed by atoms with Crippen molar-refractivity contribution in [1.29, 1.82) is 0 Å². The molecule has 0 bridgehead atoms. The molecule has 0 unspecified atom stereocenters. The standard InChI is InChI=1S/C31H38F4N6O4/c1-4-30(43)38-24-17-25(28(44-3)18-27(24)40-12-10-39(11-13-40)19(2)42)37-21-7-9-36-29(16-21)41-26(8-14-45-41)20-5-6-23(32)22(15-20)31(33,34)35/h4-6,15,17-18,21,26,29,36-37H,1,7-14,16H2,2-3H3,(H,38,43)/t21-,26-,29-/m1/s1. The van der Waals surface area contributed by atoms with E-state index in [1.165, 1.54) is 12.1 Å². The number of alkyl halides is 3. The number of methoxy groups -OCH3 is 1. The summed E-state index contributed by atoms with van der Waals surface area (Å²) >= 11 is 0. The average Bonchev–Trinajstić information content (AvgIpc) is 3.51. The molecule has 2 amide bonds. The Kier molecular flexibility index (Phi) is 9.85. The molecule has 3 atom stereocenters. The summed E-state index contributed by atoms with van der Waals surface area (Å²) in [6, 6.07) is 6.20. The number of hydrogen-bond acceptors (Lipinski definition) is 8. The van der Waals surface area contributed by atoms with Crippen LogP contribution in [-0.4, -0.2) is 80.4 Å². The maximum Gasteiger partial charge on any atom is 0.419 e. The smallest absolute Gasteiger partial charge is 0.419 e. The van der Waals surface area contributed by atoms with Crippen molar-refractivity contribution >= 4 is 28.9 Å². The summed E-state index contributed by atoms with van der Waals surface area (Å²) in [6.07, 6.45) is -2.21. The summed E-state index contributed by atoms with van der Waals surface area (Å²) in [5, 5.41) is 11.5. The number of rotatable bonds is 8. The number of halogens is 4. The Morgan fingerprint density at radius 1 is 1.11 bits per heavy atom. The third kappa shape index (κ3) is 7.34. The number of piperidine rings is 1. The van der Waals surface area contributed by atoms with Gasteiger partial charge in [0.15, 0.2) is 0 Å². The molecule has 14 heteroatoms. The second-order valence-corrected chi connectivity index (χ2v) is 11.3. The zero-order valence-electron chi connectivity index (χ0n) is 25.3. The third-order valence-electron chi connectivity index (χ3n) is 8.49. The molecule has 0 saturated carbocycles. The maximum atomic E-state index is 14.0. The Balaban J connectivity index is 1.35. The third-order valence-corrected chi connectivity index (χ3v) is 8.49. The Labute approximate surface area is 259 Å². The van der Waals surface area contributed by atoms with Gasteiger partial charge in [0.2, 0.25) is 11.8 Å². The van der Waals surface area contributed by atoms with E-state index in [9.17, 15) is 27.2 Å². The Hall–Kier alpha value is -3.88. The van der Waals surface area contributed by atoms with Crippen LogP contribution in [0.3, 0.4) is 0 Å². The van der Waals surface area contributed by atoms with Crippen molar-refractivity contribution in [3.63, 3.8) is 0 Å². The molecule has 0 aromatic heterocycles. The lowest BCUT2D eigenvalue weighted by atomic mass is 9.98. The molecule has 3 saturated heterocycles. The van der Waals surface area contributed by atoms with Gasteiger partial charge in [0.1, 0.15) is 11.6 Å². The largest absolute Gasteiger partial charge is 0.495 e. The second kappa shape index (κ2) is 13.6. The van der Waals surface area contributed by atoms with Crippen molar-refractivity contribution in [2.45, 2.75) is 50.6 Å². The topological polar surface area (TPSA) is 98.4 Å². The van der Waals surface area contributed by atoms with Crippen molar-refractivity contribution in [3.8, 4) is 5.75 Å². The second-order valence-electron chi connectivity index (χ2n) is 11.3. The first-order chi connectivity index (χ1) is 21.5. The number of benzene rings is 2. The van der Waals surface area contributed by atoms with Gasteiger partial charge in [0.05, 0.1) is 48.5 Å². The first-order valence-electron chi connectivity index (χ1n) is 14.9. The van der Waals surface area contributed by atoms with E-state index in [1.807, 2.05) is 12.1 Å². The number of amides is 2. The number of hydroxylamine groups is 2. The van der Waals surface area contributed by atoms with Gasteiger partial charge in [-0.05, 0) is 55.6 Å². The van der Waals surface area contributed by atoms with Gasteiger partial charge in [0, 0.05) is 45.2 Å². The van der Waals surface area contributed by atoms with E-state index >= 15 is 0 Å². The fourth-order valence-electron chi connectivity index (χ4n) is 6.17. The van der Waals surface area contributed by atoms with E-state index < -0.39 is 23.6 Å². The van der Waals surface area contributed by atoms with Gasteiger partial charge in [-0.15, -0.1) is 0 Å². The van der Waals surface area contributed by atoms with Crippen molar-refractivity contribution in [3.05, 3.63) is 59.9 Å². The minimum Gasteiger partial charge on any atom is -0.495 e. The average molecular weight is 635 g/mol. The summed E-state index contributed by atoms with van der Waals surface area (Å²) in [6.45, 7) is 8.30. The van der Waals surface area contributed by atoms with Crippen LogP contribution < -0.4 is 25.6 Å². The number of piperazine rings is 1. The van der Waals surface area contributed by atoms with Crippen LogP contribution in [-0.2, 0) is 20.6 Å². The summed E-state index contributed by atoms with van der Waals surface area (Å²) in [5.74, 6) is -1.10. The van der Waals surface area contributed by atoms with Gasteiger partial charge in [-0.2, -0.15) is 18.2 Å². The van der Waals surface area contributed by atoms with Crippen LogP contribution in [0.2, 0.25) is 0 Å². The number of ether oxygens (including phenoxy) is 1. The highest BCUT2D eigenvalue weighted by Gasteiger charge is 2.39. The van der Waals surface area contributed by atoms with E-state index in [-0.39, 0.29) is 24.0 Å². The van der Waals surface area contributed by atoms with Crippen molar-refractivity contribution in [1.82, 2.24) is 15.3 Å². The summed E-state index contributed by atoms with van der Waals surface area (Å²) in [5.41, 5.74) is 1.01. The van der Waals surface area contributed by atoms with Gasteiger partial charge in [-0.25, -0.2) is 4.39 Å². The van der Waals surface area contributed by atoms with E-state index in [2.05, 4.69) is 27.4 Å². The number of nitrogens with zero attached hydrogens (tertiary/aromatic N) is 3. The summed E-state index contributed by atoms with van der Waals surface area (Å²) in [4.78, 5) is 34.0. The van der Waals surface area contributed by atoms with Crippen molar-refractivity contribution in [2.24, 2.45) is 0 Å². The van der Waals surface area contributed by atoms with Crippen LogP contribution in [0.5, 0.6) is 5.75 Å². The molecule has 5 rings (SSSR count). The van der Waals surface area contributed by atoms with Gasteiger partial charge in [-0.3, -0.25) is 19.7 Å². The summed E-state index contributed by atoms with van der Waals surface area (Å²) in [7, 11) is 1.56. The fourth-order valence-corrected chi connectivity index (χ4v) is 6.17. The zero-order chi connectivity index (χ0) is 32.3. The minimum atomic E-state index is -4.80. The van der Waals surface area contributed by atoms with Crippen LogP contribution in [0, 0.1) is 5.82 Å². The lowest BCUT2D eigenvalue weighted by Crippen LogP contribution is -2.52. The highest BCUT2D eigenvalue weighted by molar-refractivity contribution is 6.02. The molecule has 2 aromatic rings. The maximum absolute atomic E-state index is 14.0. The quantitative estimate of drug-likeness (QED) is 0.288. The Bertz CT molecular complexity index is 1420. The van der Waals surface area contributed by atoms with Gasteiger partial charge in [0.25, 0.3) is 0 Å². The fraction of sp³-hybridized carbons (Fsp3) is 0.484. The van der Waals surface area contributed by atoms with Crippen LogP contribution in [0.1, 0.15) is 43.4 Å². The molecule has 45 heavy (non-hydrogen) atoms. The number of hydrogen-bond donors (Lipinski definition) is 3. The molecule has 3 aliphatic rings. The van der Waals surface area contributed by atoms with Crippen LogP contribution in [0.4, 0.5) is 34.6 Å². The zero-order valence-corrected chi connectivity index (χ0v) is 25.3. The molecule has 3 aliphatic heterocycles. The molecule has 0 spiro atoms. The minimum absolute atomic E-state index is 0.0154. The van der Waals surface area contributed by atoms with Crippen LogP contribution in [0.15, 0.2) is 43.0 Å². The number of nitrogens with one attached hydrogen (secondary N) is 3.